The fraction of sp³-hybridized carbons (Fsp3) is 0.200. The Morgan fingerprint density at radius 1 is 0.966 bits per heavy atom. The molecule has 29 heavy (non-hydrogen) atoms. The summed E-state index contributed by atoms with van der Waals surface area (Å²) in [7, 11) is 0. The normalized spacial score (nSPS) is 14.2. The molecule has 4 nitrogen and oxygen atoms in total. The van der Waals surface area contributed by atoms with Crippen LogP contribution in [-0.2, 0) is 13.1 Å². The highest BCUT2D eigenvalue weighted by molar-refractivity contribution is 6.27. The zero-order chi connectivity index (χ0) is 19.6. The molecule has 4 aromatic rings. The van der Waals surface area contributed by atoms with Gasteiger partial charge >= 0.3 is 0 Å². The quantitative estimate of drug-likeness (QED) is 0.431. The molecule has 0 fully saturated rings. The summed E-state index contributed by atoms with van der Waals surface area (Å²) in [5.74, 6) is 1.09. The standard InChI is InChI=1S/C25H24N4/c1-19-9-11-20(12-10-19)17-29-23-8-3-6-21-5-2-7-22(24(21)23)25(29)27-13-4-15-28-16-14-26-18-28/h2-3,5-12,14,16,18H,4,13,15,17H2,1H3. The first-order valence-electron chi connectivity index (χ1n) is 10.1. The van der Waals surface area contributed by atoms with Gasteiger partial charge in [0.15, 0.2) is 0 Å². The van der Waals surface area contributed by atoms with Gasteiger partial charge in [0.05, 0.1) is 12.0 Å². The number of benzene rings is 3. The van der Waals surface area contributed by atoms with Crippen LogP contribution in [0.2, 0.25) is 0 Å². The summed E-state index contributed by atoms with van der Waals surface area (Å²) in [5, 5.41) is 2.59. The Bertz CT molecular complexity index is 1150. The zero-order valence-electron chi connectivity index (χ0n) is 16.6. The minimum absolute atomic E-state index is 0.794. The van der Waals surface area contributed by atoms with Crippen LogP contribution in [-0.4, -0.2) is 21.9 Å². The smallest absolute Gasteiger partial charge is 0.136 e. The number of aliphatic imine (C=N–C) groups is 1. The van der Waals surface area contributed by atoms with Crippen molar-refractivity contribution in [2.75, 3.05) is 11.4 Å². The zero-order valence-corrected chi connectivity index (χ0v) is 16.6. The van der Waals surface area contributed by atoms with Crippen LogP contribution in [0.25, 0.3) is 10.8 Å². The highest BCUT2D eigenvalue weighted by Gasteiger charge is 2.27. The van der Waals surface area contributed by atoms with Crippen LogP contribution >= 0.6 is 0 Å². The topological polar surface area (TPSA) is 33.4 Å². The molecule has 0 spiro atoms. The van der Waals surface area contributed by atoms with Gasteiger partial charge in [-0.15, -0.1) is 0 Å². The van der Waals surface area contributed by atoms with Gasteiger partial charge in [-0.2, -0.15) is 0 Å². The fourth-order valence-corrected chi connectivity index (χ4v) is 4.06. The van der Waals surface area contributed by atoms with Crippen LogP contribution in [0.15, 0.2) is 84.4 Å². The second kappa shape index (κ2) is 7.55. The van der Waals surface area contributed by atoms with E-state index >= 15 is 0 Å². The van der Waals surface area contributed by atoms with Gasteiger partial charge in [-0.05, 0) is 30.4 Å². The van der Waals surface area contributed by atoms with E-state index in [1.165, 1.54) is 33.2 Å². The summed E-state index contributed by atoms with van der Waals surface area (Å²) in [6.07, 6.45) is 6.68. The Balaban J connectivity index is 1.47. The molecule has 0 bridgehead atoms. The maximum Gasteiger partial charge on any atom is 0.136 e. The molecule has 4 heteroatoms. The third-order valence-electron chi connectivity index (χ3n) is 5.53. The molecule has 0 N–H and O–H groups in total. The Hall–Kier alpha value is -3.40. The Labute approximate surface area is 171 Å². The van der Waals surface area contributed by atoms with E-state index in [4.69, 9.17) is 4.99 Å². The lowest BCUT2D eigenvalue weighted by molar-refractivity contribution is 0.650. The molecule has 0 radical (unpaired) electrons. The van der Waals surface area contributed by atoms with Crippen LogP contribution in [0.1, 0.15) is 23.1 Å². The van der Waals surface area contributed by atoms with Crippen LogP contribution in [0.5, 0.6) is 0 Å². The molecule has 0 atom stereocenters. The molecular weight excluding hydrogens is 356 g/mol. The Kier molecular flexibility index (Phi) is 4.60. The van der Waals surface area contributed by atoms with E-state index in [0.29, 0.717) is 0 Å². The maximum absolute atomic E-state index is 5.07. The van der Waals surface area contributed by atoms with Gasteiger partial charge < -0.3 is 9.47 Å². The lowest BCUT2D eigenvalue weighted by Crippen LogP contribution is -2.27. The maximum atomic E-state index is 5.07. The molecule has 0 saturated heterocycles. The third kappa shape index (κ3) is 3.42. The molecule has 1 aliphatic heterocycles. The summed E-state index contributed by atoms with van der Waals surface area (Å²) in [6.45, 7) is 4.69. The highest BCUT2D eigenvalue weighted by atomic mass is 15.2. The van der Waals surface area contributed by atoms with Crippen molar-refractivity contribution in [2.45, 2.75) is 26.4 Å². The van der Waals surface area contributed by atoms with E-state index in [-0.39, 0.29) is 0 Å². The van der Waals surface area contributed by atoms with Crippen molar-refractivity contribution < 1.29 is 0 Å². The van der Waals surface area contributed by atoms with Crippen molar-refractivity contribution in [3.8, 4) is 0 Å². The largest absolute Gasteiger partial charge is 0.337 e. The first-order valence-corrected chi connectivity index (χ1v) is 10.1. The number of rotatable bonds is 6. The number of hydrogen-bond acceptors (Lipinski definition) is 2. The van der Waals surface area contributed by atoms with Gasteiger partial charge in [0, 0.05) is 43.0 Å². The summed E-state index contributed by atoms with van der Waals surface area (Å²) < 4.78 is 2.11. The number of nitrogens with zero attached hydrogens (tertiary/aromatic N) is 4. The van der Waals surface area contributed by atoms with Crippen LogP contribution in [0.4, 0.5) is 5.69 Å². The van der Waals surface area contributed by atoms with Crippen molar-refractivity contribution in [1.29, 1.82) is 0 Å². The molecule has 0 unspecified atom stereocenters. The summed E-state index contributed by atoms with van der Waals surface area (Å²) in [5.41, 5.74) is 5.08. The van der Waals surface area contributed by atoms with E-state index in [9.17, 15) is 0 Å². The lowest BCUT2D eigenvalue weighted by Gasteiger charge is -2.21. The van der Waals surface area contributed by atoms with Crippen molar-refractivity contribution in [2.24, 2.45) is 4.99 Å². The van der Waals surface area contributed by atoms with Gasteiger partial charge in [-0.1, -0.05) is 60.2 Å². The van der Waals surface area contributed by atoms with Gasteiger partial charge in [-0.25, -0.2) is 4.98 Å². The molecule has 3 aromatic carbocycles. The van der Waals surface area contributed by atoms with E-state index in [0.717, 1.165) is 31.9 Å². The first-order chi connectivity index (χ1) is 14.3. The third-order valence-corrected chi connectivity index (χ3v) is 5.53. The number of aryl methyl sites for hydroxylation is 2. The average molecular weight is 380 g/mol. The van der Waals surface area contributed by atoms with E-state index < -0.39 is 0 Å². The fourth-order valence-electron chi connectivity index (χ4n) is 4.06. The first kappa shape index (κ1) is 17.7. The minimum Gasteiger partial charge on any atom is -0.337 e. The van der Waals surface area contributed by atoms with E-state index in [2.05, 4.69) is 82.0 Å². The number of aromatic nitrogens is 2. The summed E-state index contributed by atoms with van der Waals surface area (Å²) in [6, 6.07) is 21.9. The minimum atomic E-state index is 0.794. The molecule has 144 valence electrons. The van der Waals surface area contributed by atoms with Gasteiger partial charge in [0.25, 0.3) is 0 Å². The molecule has 0 amide bonds. The summed E-state index contributed by atoms with van der Waals surface area (Å²) in [4.78, 5) is 11.6. The molecule has 2 heterocycles. The monoisotopic (exact) mass is 380 g/mol. The van der Waals surface area contributed by atoms with E-state index in [1.54, 1.807) is 0 Å². The highest BCUT2D eigenvalue weighted by Crippen LogP contribution is 2.38. The second-order valence-electron chi connectivity index (χ2n) is 7.61. The van der Waals surface area contributed by atoms with Crippen LogP contribution in [0, 0.1) is 6.92 Å². The average Bonchev–Trinajstić information content (AvgIpc) is 3.36. The number of imidazole rings is 1. The Morgan fingerprint density at radius 2 is 1.79 bits per heavy atom. The summed E-state index contributed by atoms with van der Waals surface area (Å²) >= 11 is 0. The predicted octanol–water partition coefficient (Wildman–Crippen LogP) is 5.20. The van der Waals surface area contributed by atoms with Gasteiger partial charge in [-0.3, -0.25) is 4.99 Å². The van der Waals surface area contributed by atoms with Crippen LogP contribution in [0.3, 0.4) is 0 Å². The van der Waals surface area contributed by atoms with Crippen LogP contribution < -0.4 is 4.90 Å². The van der Waals surface area contributed by atoms with Crippen molar-refractivity contribution >= 4 is 22.3 Å². The molecular formula is C25H24N4. The number of amidine groups is 1. The van der Waals surface area contributed by atoms with Crippen molar-refractivity contribution in [3.05, 3.63) is 96.1 Å². The predicted molar refractivity (Wildman–Crippen MR) is 120 cm³/mol. The lowest BCUT2D eigenvalue weighted by atomic mass is 10.1. The van der Waals surface area contributed by atoms with Gasteiger partial charge in [0.1, 0.15) is 5.84 Å². The number of anilines is 1. The molecule has 0 saturated carbocycles. The molecule has 5 rings (SSSR count). The number of hydrogen-bond donors (Lipinski definition) is 0. The van der Waals surface area contributed by atoms with E-state index in [1.807, 2.05) is 18.7 Å². The Morgan fingerprint density at radius 3 is 2.59 bits per heavy atom. The molecule has 0 aliphatic carbocycles. The molecule has 1 aromatic heterocycles. The van der Waals surface area contributed by atoms with Crippen molar-refractivity contribution in [3.63, 3.8) is 0 Å². The van der Waals surface area contributed by atoms with Gasteiger partial charge in [0.2, 0.25) is 0 Å². The second-order valence-corrected chi connectivity index (χ2v) is 7.61. The van der Waals surface area contributed by atoms with Crippen molar-refractivity contribution in [1.82, 2.24) is 9.55 Å². The SMILES string of the molecule is Cc1ccc(CN2C(=NCCCn3ccnc3)c3cccc4cccc2c34)cc1. The molecule has 1 aliphatic rings.